The Morgan fingerprint density at radius 2 is 1.81 bits per heavy atom. The Morgan fingerprint density at radius 1 is 1.06 bits per heavy atom. The van der Waals surface area contributed by atoms with Gasteiger partial charge in [0, 0.05) is 10.6 Å². The number of benzene rings is 2. The molecular formula is C22H22N2O6S2. The first-order chi connectivity index (χ1) is 15.3. The van der Waals surface area contributed by atoms with Gasteiger partial charge in [0.15, 0.2) is 6.61 Å². The number of amides is 1. The predicted molar refractivity (Wildman–Crippen MR) is 121 cm³/mol. The van der Waals surface area contributed by atoms with Crippen LogP contribution in [0.1, 0.15) is 28.2 Å². The Morgan fingerprint density at radius 3 is 2.47 bits per heavy atom. The summed E-state index contributed by atoms with van der Waals surface area (Å²) in [6.45, 7) is 1.35. The lowest BCUT2D eigenvalue weighted by Crippen LogP contribution is -2.30. The summed E-state index contributed by atoms with van der Waals surface area (Å²) in [6.07, 6.45) is 0. The number of thiophene rings is 1. The number of anilines is 1. The van der Waals surface area contributed by atoms with E-state index in [0.717, 1.165) is 4.88 Å². The Balaban J connectivity index is 1.61. The van der Waals surface area contributed by atoms with Gasteiger partial charge in [-0.05, 0) is 60.8 Å². The zero-order valence-corrected chi connectivity index (χ0v) is 19.0. The third-order valence-corrected chi connectivity index (χ3v) is 6.84. The predicted octanol–water partition coefficient (Wildman–Crippen LogP) is 3.59. The molecule has 0 aliphatic rings. The molecule has 1 aromatic heterocycles. The van der Waals surface area contributed by atoms with Crippen LogP contribution in [-0.4, -0.2) is 34.0 Å². The van der Waals surface area contributed by atoms with E-state index in [9.17, 15) is 18.0 Å². The summed E-state index contributed by atoms with van der Waals surface area (Å²) in [5, 5.41) is 4.64. The molecule has 0 spiro atoms. The highest BCUT2D eigenvalue weighted by Gasteiger charge is 2.18. The summed E-state index contributed by atoms with van der Waals surface area (Å²) in [6, 6.07) is 15.3. The zero-order valence-electron chi connectivity index (χ0n) is 17.4. The molecule has 32 heavy (non-hydrogen) atoms. The quantitative estimate of drug-likeness (QED) is 0.459. The zero-order chi connectivity index (χ0) is 23.1. The van der Waals surface area contributed by atoms with Gasteiger partial charge in [0.25, 0.3) is 15.9 Å². The maximum atomic E-state index is 12.7. The van der Waals surface area contributed by atoms with Crippen molar-refractivity contribution in [2.45, 2.75) is 17.9 Å². The molecule has 1 amide bonds. The number of nitrogens with one attached hydrogen (secondary N) is 2. The van der Waals surface area contributed by atoms with E-state index in [-0.39, 0.29) is 16.5 Å². The van der Waals surface area contributed by atoms with Crippen molar-refractivity contribution in [2.24, 2.45) is 0 Å². The fourth-order valence-electron chi connectivity index (χ4n) is 2.77. The summed E-state index contributed by atoms with van der Waals surface area (Å²) in [4.78, 5) is 25.3. The molecule has 0 radical (unpaired) electrons. The maximum absolute atomic E-state index is 12.7. The fraction of sp³-hybridized carbons (Fsp3) is 0.182. The molecule has 0 bridgehead atoms. The number of carbonyl (C=O) groups is 2. The van der Waals surface area contributed by atoms with Gasteiger partial charge in [-0.2, -0.15) is 0 Å². The number of hydrogen-bond acceptors (Lipinski definition) is 7. The van der Waals surface area contributed by atoms with Gasteiger partial charge in [-0.3, -0.25) is 9.52 Å². The SMILES string of the molecule is COc1ccc(NS(=O)(=O)c2cccc(C(=O)OCC(=O)N[C@@H](C)c3cccs3)c2)cc1. The third kappa shape index (κ3) is 6.08. The van der Waals surface area contributed by atoms with Gasteiger partial charge in [0.1, 0.15) is 5.75 Å². The lowest BCUT2D eigenvalue weighted by atomic mass is 10.2. The normalized spacial score (nSPS) is 11.9. The second-order valence-corrected chi connectivity index (χ2v) is 9.40. The van der Waals surface area contributed by atoms with Crippen LogP contribution < -0.4 is 14.8 Å². The van der Waals surface area contributed by atoms with Gasteiger partial charge in [-0.25, -0.2) is 13.2 Å². The van der Waals surface area contributed by atoms with Crippen molar-refractivity contribution in [1.29, 1.82) is 0 Å². The van der Waals surface area contributed by atoms with Crippen LogP contribution in [0.25, 0.3) is 0 Å². The van der Waals surface area contributed by atoms with Crippen LogP contribution in [0.15, 0.2) is 70.9 Å². The van der Waals surface area contributed by atoms with E-state index >= 15 is 0 Å². The third-order valence-electron chi connectivity index (χ3n) is 4.40. The molecule has 1 heterocycles. The van der Waals surface area contributed by atoms with Gasteiger partial charge in [-0.1, -0.05) is 12.1 Å². The maximum Gasteiger partial charge on any atom is 0.338 e. The standard InChI is InChI=1S/C22H22N2O6S2/c1-15(20-7-4-12-31-20)23-21(25)14-30-22(26)16-5-3-6-19(13-16)32(27,28)24-17-8-10-18(29-2)11-9-17/h3-13,15,24H,14H2,1-2H3,(H,23,25)/t15-/m0/s1. The second kappa shape index (κ2) is 10.3. The van der Waals surface area contributed by atoms with Gasteiger partial charge >= 0.3 is 5.97 Å². The number of sulfonamides is 1. The van der Waals surface area contributed by atoms with E-state index in [1.165, 1.54) is 42.7 Å². The molecule has 8 nitrogen and oxygen atoms in total. The van der Waals surface area contributed by atoms with Gasteiger partial charge in [-0.15, -0.1) is 11.3 Å². The molecule has 0 aliphatic heterocycles. The van der Waals surface area contributed by atoms with Crippen LogP contribution in [0.5, 0.6) is 5.75 Å². The number of esters is 1. The van der Waals surface area contributed by atoms with Crippen molar-refractivity contribution < 1.29 is 27.5 Å². The van der Waals surface area contributed by atoms with Gasteiger partial charge in [0.2, 0.25) is 0 Å². The molecule has 3 rings (SSSR count). The number of methoxy groups -OCH3 is 1. The summed E-state index contributed by atoms with van der Waals surface area (Å²) in [5.74, 6) is -0.666. The Kier molecular flexibility index (Phi) is 7.49. The Bertz CT molecular complexity index is 1180. The Labute approximate surface area is 190 Å². The van der Waals surface area contributed by atoms with E-state index < -0.39 is 28.5 Å². The van der Waals surface area contributed by atoms with Crippen LogP contribution in [0.4, 0.5) is 5.69 Å². The van der Waals surface area contributed by atoms with Crippen LogP contribution in [0.3, 0.4) is 0 Å². The first-order valence-corrected chi connectivity index (χ1v) is 11.9. The van der Waals surface area contributed by atoms with Crippen molar-refractivity contribution in [1.82, 2.24) is 5.32 Å². The molecule has 1 atom stereocenters. The minimum absolute atomic E-state index is 0.0155. The van der Waals surface area contributed by atoms with E-state index in [1.807, 2.05) is 24.4 Å². The molecule has 10 heteroatoms. The van der Waals surface area contributed by atoms with E-state index in [0.29, 0.717) is 11.4 Å². The van der Waals surface area contributed by atoms with Crippen LogP contribution in [-0.2, 0) is 19.6 Å². The molecule has 168 valence electrons. The average molecular weight is 475 g/mol. The smallest absolute Gasteiger partial charge is 0.338 e. The highest BCUT2D eigenvalue weighted by Crippen LogP contribution is 2.20. The minimum atomic E-state index is -3.94. The minimum Gasteiger partial charge on any atom is -0.497 e. The van der Waals surface area contributed by atoms with Crippen molar-refractivity contribution in [3.05, 3.63) is 76.5 Å². The van der Waals surface area contributed by atoms with Crippen molar-refractivity contribution in [3.63, 3.8) is 0 Å². The molecule has 0 fully saturated rings. The van der Waals surface area contributed by atoms with Crippen LogP contribution >= 0.6 is 11.3 Å². The highest BCUT2D eigenvalue weighted by molar-refractivity contribution is 7.92. The summed E-state index contributed by atoms with van der Waals surface area (Å²) in [5.41, 5.74) is 0.358. The first kappa shape index (κ1) is 23.3. The first-order valence-electron chi connectivity index (χ1n) is 9.55. The fourth-order valence-corrected chi connectivity index (χ4v) is 4.61. The summed E-state index contributed by atoms with van der Waals surface area (Å²) < 4.78 is 37.9. The molecule has 3 aromatic rings. The average Bonchev–Trinajstić information content (AvgIpc) is 3.33. The molecule has 0 aliphatic carbocycles. The van der Waals surface area contributed by atoms with Crippen molar-refractivity contribution in [3.8, 4) is 5.75 Å². The molecular weight excluding hydrogens is 452 g/mol. The molecule has 2 N–H and O–H groups in total. The van der Waals surface area contributed by atoms with Crippen molar-refractivity contribution in [2.75, 3.05) is 18.4 Å². The van der Waals surface area contributed by atoms with Crippen molar-refractivity contribution >= 4 is 38.9 Å². The molecule has 0 saturated carbocycles. The summed E-state index contributed by atoms with van der Waals surface area (Å²) in [7, 11) is -2.43. The number of hydrogen-bond donors (Lipinski definition) is 2. The molecule has 0 saturated heterocycles. The van der Waals surface area contributed by atoms with Crippen LogP contribution in [0, 0.1) is 0 Å². The second-order valence-electron chi connectivity index (χ2n) is 6.74. The topological polar surface area (TPSA) is 111 Å². The van der Waals surface area contributed by atoms with Crippen LogP contribution in [0.2, 0.25) is 0 Å². The molecule has 0 unspecified atom stereocenters. The Hall–Kier alpha value is -3.37. The molecule has 2 aromatic carbocycles. The van der Waals surface area contributed by atoms with E-state index in [2.05, 4.69) is 10.0 Å². The van der Waals surface area contributed by atoms with E-state index in [4.69, 9.17) is 9.47 Å². The summed E-state index contributed by atoms with van der Waals surface area (Å²) >= 11 is 1.51. The highest BCUT2D eigenvalue weighted by atomic mass is 32.2. The number of ether oxygens (including phenoxy) is 2. The largest absolute Gasteiger partial charge is 0.497 e. The lowest BCUT2D eigenvalue weighted by molar-refractivity contribution is -0.124. The van der Waals surface area contributed by atoms with E-state index in [1.54, 1.807) is 24.3 Å². The van der Waals surface area contributed by atoms with Gasteiger partial charge in [0.05, 0.1) is 23.6 Å². The monoisotopic (exact) mass is 474 g/mol. The lowest BCUT2D eigenvalue weighted by Gasteiger charge is -2.13. The number of carbonyl (C=O) groups excluding carboxylic acids is 2. The number of rotatable bonds is 9. The van der Waals surface area contributed by atoms with Gasteiger partial charge < -0.3 is 14.8 Å².